The van der Waals surface area contributed by atoms with Crippen LogP contribution in [0.2, 0.25) is 0 Å². The van der Waals surface area contributed by atoms with E-state index in [2.05, 4.69) is 20.8 Å². The van der Waals surface area contributed by atoms with E-state index >= 15 is 0 Å². The molecule has 0 aromatic heterocycles. The van der Waals surface area contributed by atoms with Crippen LogP contribution in [0.15, 0.2) is 0 Å². The Morgan fingerprint density at radius 3 is 0.837 bits per heavy atom. The molecule has 43 heavy (non-hydrogen) atoms. The summed E-state index contributed by atoms with van der Waals surface area (Å²) < 4.78 is 0. The van der Waals surface area contributed by atoms with Crippen molar-refractivity contribution in [3.8, 4) is 0 Å². The maximum Gasteiger partial charge on any atom is 0.153 e. The molecule has 0 aliphatic heterocycles. The summed E-state index contributed by atoms with van der Waals surface area (Å²) in [5.41, 5.74) is -1.37. The molecular formula is C40H76O3. The molecule has 0 saturated heterocycles. The lowest BCUT2D eigenvalue weighted by Gasteiger charge is -2.29. The van der Waals surface area contributed by atoms with Gasteiger partial charge in [-0.15, -0.1) is 0 Å². The summed E-state index contributed by atoms with van der Waals surface area (Å²) in [4.78, 5) is 40.5. The summed E-state index contributed by atoms with van der Waals surface area (Å²) in [6, 6.07) is 0. The monoisotopic (exact) mass is 605 g/mol. The molecule has 0 unspecified atom stereocenters. The van der Waals surface area contributed by atoms with Gasteiger partial charge in [0.05, 0.1) is 0 Å². The van der Waals surface area contributed by atoms with Crippen LogP contribution in [0.4, 0.5) is 0 Å². The third kappa shape index (κ3) is 22.2. The van der Waals surface area contributed by atoms with Crippen LogP contribution in [0.5, 0.6) is 0 Å². The van der Waals surface area contributed by atoms with Gasteiger partial charge in [0.15, 0.2) is 17.3 Å². The standard InChI is InChI=1S/C40H76O3/c1-5-8-11-14-17-19-21-23-25-28-31-34-38(42)40(37(4)41,36-33-30-27-16-13-10-7-3)39(43)35-32-29-26-24-22-20-18-15-12-9-6-2/h5-36H2,1-4H3. The molecule has 0 aliphatic rings. The first-order valence-electron chi connectivity index (χ1n) is 19.5. The lowest BCUT2D eigenvalue weighted by atomic mass is 9.69. The number of carbonyl (C=O) groups is 3. The number of hydrogen-bond donors (Lipinski definition) is 0. The lowest BCUT2D eigenvalue weighted by molar-refractivity contribution is -0.149. The maximum atomic E-state index is 13.7. The fourth-order valence-corrected chi connectivity index (χ4v) is 6.68. The zero-order chi connectivity index (χ0) is 31.9. The van der Waals surface area contributed by atoms with Gasteiger partial charge in [-0.05, 0) is 26.2 Å². The second-order valence-electron chi connectivity index (χ2n) is 13.8. The Labute approximate surface area is 269 Å². The number of unbranched alkanes of at least 4 members (excludes halogenated alkanes) is 26. The van der Waals surface area contributed by atoms with Gasteiger partial charge >= 0.3 is 0 Å². The van der Waals surface area contributed by atoms with Gasteiger partial charge in [-0.2, -0.15) is 0 Å². The van der Waals surface area contributed by atoms with Crippen molar-refractivity contribution in [2.24, 2.45) is 5.41 Å². The molecule has 0 heterocycles. The number of rotatable bonds is 35. The van der Waals surface area contributed by atoms with Gasteiger partial charge in [-0.3, -0.25) is 14.4 Å². The van der Waals surface area contributed by atoms with E-state index in [1.54, 1.807) is 0 Å². The summed E-state index contributed by atoms with van der Waals surface area (Å²) in [5.74, 6) is -0.343. The molecule has 0 rings (SSSR count). The molecule has 0 atom stereocenters. The van der Waals surface area contributed by atoms with Gasteiger partial charge < -0.3 is 0 Å². The number of ketones is 3. The van der Waals surface area contributed by atoms with E-state index in [9.17, 15) is 14.4 Å². The van der Waals surface area contributed by atoms with Crippen LogP contribution in [0.3, 0.4) is 0 Å². The van der Waals surface area contributed by atoms with E-state index in [4.69, 9.17) is 0 Å². The average molecular weight is 605 g/mol. The number of carbonyl (C=O) groups excluding carboxylic acids is 3. The van der Waals surface area contributed by atoms with E-state index in [0.29, 0.717) is 19.3 Å². The number of hydrogen-bond acceptors (Lipinski definition) is 3. The fourth-order valence-electron chi connectivity index (χ4n) is 6.68. The number of Topliss-reactive ketones (excluding diaryl/α,β-unsaturated/α-hetero) is 3. The highest BCUT2D eigenvalue weighted by atomic mass is 16.2. The molecule has 0 radical (unpaired) electrons. The summed E-state index contributed by atoms with van der Waals surface area (Å²) in [6.45, 7) is 8.26. The average Bonchev–Trinajstić information content (AvgIpc) is 2.99. The zero-order valence-corrected chi connectivity index (χ0v) is 29.9. The van der Waals surface area contributed by atoms with Crippen LogP contribution in [-0.2, 0) is 14.4 Å². The molecule has 3 heteroatoms. The molecule has 0 aromatic rings. The zero-order valence-electron chi connectivity index (χ0n) is 29.9. The maximum absolute atomic E-state index is 13.7. The topological polar surface area (TPSA) is 51.2 Å². The second-order valence-corrected chi connectivity index (χ2v) is 13.8. The highest BCUT2D eigenvalue weighted by molar-refractivity contribution is 6.23. The van der Waals surface area contributed by atoms with Crippen LogP contribution in [-0.4, -0.2) is 17.3 Å². The third-order valence-electron chi connectivity index (χ3n) is 9.72. The minimum absolute atomic E-state index is 0.0741. The quantitative estimate of drug-likeness (QED) is 0.0534. The van der Waals surface area contributed by atoms with Crippen molar-refractivity contribution in [3.63, 3.8) is 0 Å². The normalized spacial score (nSPS) is 11.7. The van der Waals surface area contributed by atoms with E-state index in [1.807, 2.05) is 0 Å². The van der Waals surface area contributed by atoms with E-state index in [0.717, 1.165) is 57.8 Å². The first kappa shape index (κ1) is 42.0. The molecule has 0 aromatic carbocycles. The Balaban J connectivity index is 4.69. The summed E-state index contributed by atoms with van der Waals surface area (Å²) in [5, 5.41) is 0. The minimum Gasteiger partial charge on any atom is -0.298 e. The van der Waals surface area contributed by atoms with Crippen LogP contribution in [0.1, 0.15) is 233 Å². The molecule has 3 nitrogen and oxygen atoms in total. The highest BCUT2D eigenvalue weighted by Crippen LogP contribution is 2.34. The van der Waals surface area contributed by atoms with Crippen molar-refractivity contribution in [2.75, 3.05) is 0 Å². The molecule has 0 amide bonds. The van der Waals surface area contributed by atoms with Crippen molar-refractivity contribution in [1.82, 2.24) is 0 Å². The largest absolute Gasteiger partial charge is 0.298 e. The van der Waals surface area contributed by atoms with Gasteiger partial charge in [0.25, 0.3) is 0 Å². The predicted octanol–water partition coefficient (Wildman–Crippen LogP) is 13.2. The Morgan fingerprint density at radius 2 is 0.581 bits per heavy atom. The molecule has 254 valence electrons. The first-order valence-corrected chi connectivity index (χ1v) is 19.5. The molecule has 0 bridgehead atoms. The summed E-state index contributed by atoms with van der Waals surface area (Å²) in [7, 11) is 0. The predicted molar refractivity (Wildman–Crippen MR) is 188 cm³/mol. The van der Waals surface area contributed by atoms with Crippen molar-refractivity contribution in [2.45, 2.75) is 233 Å². The Hall–Kier alpha value is -0.990. The molecule has 0 spiro atoms. The highest BCUT2D eigenvalue weighted by Gasteiger charge is 2.47. The second kappa shape index (κ2) is 31.0. The van der Waals surface area contributed by atoms with E-state index in [1.165, 1.54) is 135 Å². The third-order valence-corrected chi connectivity index (χ3v) is 9.72. The van der Waals surface area contributed by atoms with Crippen LogP contribution in [0, 0.1) is 5.41 Å². The molecule has 0 saturated carbocycles. The van der Waals surface area contributed by atoms with Gasteiger partial charge in [-0.1, -0.05) is 194 Å². The van der Waals surface area contributed by atoms with Crippen molar-refractivity contribution >= 4 is 17.3 Å². The lowest BCUT2D eigenvalue weighted by Crippen LogP contribution is -2.45. The molecule has 0 fully saturated rings. The minimum atomic E-state index is -1.37. The Morgan fingerprint density at radius 1 is 0.349 bits per heavy atom. The summed E-state index contributed by atoms with van der Waals surface area (Å²) in [6.07, 6.45) is 36.2. The van der Waals surface area contributed by atoms with Gasteiger partial charge in [0.1, 0.15) is 5.41 Å². The summed E-state index contributed by atoms with van der Waals surface area (Å²) >= 11 is 0. The van der Waals surface area contributed by atoms with Crippen molar-refractivity contribution in [1.29, 1.82) is 0 Å². The Bertz CT molecular complexity index is 614. The van der Waals surface area contributed by atoms with E-state index < -0.39 is 5.41 Å². The fraction of sp³-hybridized carbons (Fsp3) is 0.925. The Kier molecular flexibility index (Phi) is 30.3. The first-order chi connectivity index (χ1) is 21.0. The van der Waals surface area contributed by atoms with Crippen LogP contribution >= 0.6 is 0 Å². The van der Waals surface area contributed by atoms with Crippen molar-refractivity contribution < 1.29 is 14.4 Å². The van der Waals surface area contributed by atoms with Crippen LogP contribution < -0.4 is 0 Å². The van der Waals surface area contributed by atoms with Crippen LogP contribution in [0.25, 0.3) is 0 Å². The van der Waals surface area contributed by atoms with Gasteiger partial charge in [0.2, 0.25) is 0 Å². The van der Waals surface area contributed by atoms with E-state index in [-0.39, 0.29) is 17.3 Å². The SMILES string of the molecule is CCCCCCCCCCCCCC(=O)C(CCCCCCCCC)(C(C)=O)C(=O)CCCCCCCCCCCCC. The molecule has 0 N–H and O–H groups in total. The smallest absolute Gasteiger partial charge is 0.153 e. The van der Waals surface area contributed by atoms with Gasteiger partial charge in [0, 0.05) is 12.8 Å². The molecular weight excluding hydrogens is 528 g/mol. The van der Waals surface area contributed by atoms with Crippen molar-refractivity contribution in [3.05, 3.63) is 0 Å². The molecule has 0 aliphatic carbocycles. The van der Waals surface area contributed by atoms with Gasteiger partial charge in [-0.25, -0.2) is 0 Å².